The van der Waals surface area contributed by atoms with E-state index in [1.54, 1.807) is 24.3 Å². The van der Waals surface area contributed by atoms with Crippen molar-refractivity contribution in [2.24, 2.45) is 0 Å². The highest BCUT2D eigenvalue weighted by Gasteiger charge is 2.14. The molecule has 0 unspecified atom stereocenters. The van der Waals surface area contributed by atoms with E-state index in [4.69, 9.17) is 0 Å². The number of carbonyl (C=O) groups excluding carboxylic acids is 2. The topological polar surface area (TPSA) is 58.2 Å². The average molecular weight is 326 g/mol. The molecule has 2 N–H and O–H groups in total. The highest BCUT2D eigenvalue weighted by atomic mass is 32.1. The number of thiophene rings is 1. The standard InChI is InChI=1S/C18H18N2O2S/c1-3-10-19-18(22)16(12-15-5-4-11-23-15)20-17(21)14-8-6-13(2)7-9-14/h3-9,11-12H,1,10H2,2H3,(H,19,22)(H,20,21)/b16-12+. The summed E-state index contributed by atoms with van der Waals surface area (Å²) in [4.78, 5) is 25.4. The van der Waals surface area contributed by atoms with Crippen LogP contribution in [0.1, 0.15) is 20.8 Å². The molecule has 0 atom stereocenters. The number of nitrogens with one attached hydrogen (secondary N) is 2. The molecule has 23 heavy (non-hydrogen) atoms. The monoisotopic (exact) mass is 326 g/mol. The first-order valence-corrected chi connectivity index (χ1v) is 8.00. The van der Waals surface area contributed by atoms with Crippen LogP contribution >= 0.6 is 11.3 Å². The van der Waals surface area contributed by atoms with Crippen LogP contribution in [0.5, 0.6) is 0 Å². The van der Waals surface area contributed by atoms with E-state index in [0.717, 1.165) is 10.4 Å². The lowest BCUT2D eigenvalue weighted by molar-refractivity contribution is -0.117. The van der Waals surface area contributed by atoms with Crippen molar-refractivity contribution in [3.8, 4) is 0 Å². The third kappa shape index (κ3) is 4.93. The normalized spacial score (nSPS) is 10.9. The Hall–Kier alpha value is -2.66. The second kappa shape index (κ2) is 8.10. The third-order valence-electron chi connectivity index (χ3n) is 3.04. The van der Waals surface area contributed by atoms with Gasteiger partial charge in [0.2, 0.25) is 0 Å². The van der Waals surface area contributed by atoms with Crippen LogP contribution in [0.3, 0.4) is 0 Å². The summed E-state index contributed by atoms with van der Waals surface area (Å²) in [6.07, 6.45) is 3.25. The van der Waals surface area contributed by atoms with E-state index in [-0.39, 0.29) is 17.5 Å². The van der Waals surface area contributed by atoms with Gasteiger partial charge >= 0.3 is 0 Å². The molecule has 2 amide bonds. The smallest absolute Gasteiger partial charge is 0.268 e. The van der Waals surface area contributed by atoms with E-state index in [9.17, 15) is 9.59 Å². The van der Waals surface area contributed by atoms with Gasteiger partial charge in [-0.15, -0.1) is 17.9 Å². The van der Waals surface area contributed by atoms with E-state index in [2.05, 4.69) is 17.2 Å². The Balaban J connectivity index is 2.19. The van der Waals surface area contributed by atoms with E-state index in [1.807, 2.05) is 36.6 Å². The summed E-state index contributed by atoms with van der Waals surface area (Å²) in [7, 11) is 0. The maximum atomic E-state index is 12.3. The summed E-state index contributed by atoms with van der Waals surface area (Å²) in [5.74, 6) is -0.666. The number of amides is 2. The van der Waals surface area contributed by atoms with Crippen molar-refractivity contribution in [1.82, 2.24) is 10.6 Å². The Labute approximate surface area is 139 Å². The molecule has 2 rings (SSSR count). The zero-order valence-corrected chi connectivity index (χ0v) is 13.7. The molecule has 0 aliphatic heterocycles. The van der Waals surface area contributed by atoms with Crippen LogP contribution in [0.25, 0.3) is 6.08 Å². The molecule has 1 aromatic heterocycles. The molecule has 0 spiro atoms. The highest BCUT2D eigenvalue weighted by molar-refractivity contribution is 7.10. The molecular weight excluding hydrogens is 308 g/mol. The summed E-state index contributed by atoms with van der Waals surface area (Å²) in [6.45, 7) is 5.85. The van der Waals surface area contributed by atoms with Crippen molar-refractivity contribution in [3.05, 3.63) is 76.1 Å². The molecule has 0 bridgehead atoms. The fourth-order valence-corrected chi connectivity index (χ4v) is 2.49. The minimum atomic E-state index is -0.348. The zero-order chi connectivity index (χ0) is 16.7. The quantitative estimate of drug-likeness (QED) is 0.633. The van der Waals surface area contributed by atoms with Crippen LogP contribution in [-0.4, -0.2) is 18.4 Å². The van der Waals surface area contributed by atoms with Gasteiger partial charge in [-0.3, -0.25) is 9.59 Å². The van der Waals surface area contributed by atoms with Crippen molar-refractivity contribution in [1.29, 1.82) is 0 Å². The largest absolute Gasteiger partial charge is 0.347 e. The highest BCUT2D eigenvalue weighted by Crippen LogP contribution is 2.13. The molecule has 0 radical (unpaired) electrons. The third-order valence-corrected chi connectivity index (χ3v) is 3.86. The number of aryl methyl sites for hydroxylation is 1. The molecule has 2 aromatic rings. The van der Waals surface area contributed by atoms with E-state index in [1.165, 1.54) is 11.3 Å². The molecular formula is C18H18N2O2S. The molecule has 1 heterocycles. The van der Waals surface area contributed by atoms with Gasteiger partial charge in [0, 0.05) is 17.0 Å². The molecule has 0 saturated carbocycles. The minimum Gasteiger partial charge on any atom is -0.347 e. The molecule has 1 aromatic carbocycles. The number of rotatable bonds is 6. The lowest BCUT2D eigenvalue weighted by atomic mass is 10.1. The van der Waals surface area contributed by atoms with Crippen LogP contribution in [0, 0.1) is 6.92 Å². The van der Waals surface area contributed by atoms with Crippen LogP contribution < -0.4 is 10.6 Å². The van der Waals surface area contributed by atoms with Gasteiger partial charge in [0.25, 0.3) is 11.8 Å². The predicted octanol–water partition coefficient (Wildman–Crippen LogP) is 3.13. The Morgan fingerprint density at radius 3 is 2.57 bits per heavy atom. The molecule has 0 saturated heterocycles. The van der Waals surface area contributed by atoms with Gasteiger partial charge in [0.05, 0.1) is 0 Å². The van der Waals surface area contributed by atoms with Gasteiger partial charge in [-0.2, -0.15) is 0 Å². The first-order valence-electron chi connectivity index (χ1n) is 7.12. The second-order valence-corrected chi connectivity index (χ2v) is 5.87. The second-order valence-electron chi connectivity index (χ2n) is 4.89. The van der Waals surface area contributed by atoms with Gasteiger partial charge in [0.1, 0.15) is 5.70 Å². The van der Waals surface area contributed by atoms with Gasteiger partial charge in [-0.25, -0.2) is 0 Å². The van der Waals surface area contributed by atoms with Crippen LogP contribution in [0.4, 0.5) is 0 Å². The van der Waals surface area contributed by atoms with Crippen molar-refractivity contribution in [2.75, 3.05) is 6.54 Å². The summed E-state index contributed by atoms with van der Waals surface area (Å²) >= 11 is 1.49. The van der Waals surface area contributed by atoms with Crippen LogP contribution in [0.15, 0.2) is 60.1 Å². The van der Waals surface area contributed by atoms with Crippen molar-refractivity contribution in [3.63, 3.8) is 0 Å². The van der Waals surface area contributed by atoms with Crippen molar-refractivity contribution in [2.45, 2.75) is 6.92 Å². The fraction of sp³-hybridized carbons (Fsp3) is 0.111. The van der Waals surface area contributed by atoms with Crippen LogP contribution in [0.2, 0.25) is 0 Å². The number of hydrogen-bond donors (Lipinski definition) is 2. The molecule has 5 heteroatoms. The first kappa shape index (κ1) is 16.7. The maximum Gasteiger partial charge on any atom is 0.268 e. The van der Waals surface area contributed by atoms with Gasteiger partial charge in [0.15, 0.2) is 0 Å². The molecule has 0 aliphatic carbocycles. The zero-order valence-electron chi connectivity index (χ0n) is 12.8. The molecule has 0 aliphatic rings. The lowest BCUT2D eigenvalue weighted by Crippen LogP contribution is -2.34. The van der Waals surface area contributed by atoms with Gasteiger partial charge in [-0.05, 0) is 36.6 Å². The minimum absolute atomic E-state index is 0.208. The average Bonchev–Trinajstić information content (AvgIpc) is 3.05. The van der Waals surface area contributed by atoms with E-state index in [0.29, 0.717) is 12.1 Å². The van der Waals surface area contributed by atoms with Crippen LogP contribution in [-0.2, 0) is 4.79 Å². The molecule has 0 fully saturated rings. The van der Waals surface area contributed by atoms with Gasteiger partial charge in [-0.1, -0.05) is 29.8 Å². The predicted molar refractivity (Wildman–Crippen MR) is 94.1 cm³/mol. The number of benzene rings is 1. The molecule has 4 nitrogen and oxygen atoms in total. The summed E-state index contributed by atoms with van der Waals surface area (Å²) in [6, 6.07) is 10.9. The SMILES string of the molecule is C=CCNC(=O)/C(=C\c1cccs1)NC(=O)c1ccc(C)cc1. The Kier molecular flexibility index (Phi) is 5.88. The summed E-state index contributed by atoms with van der Waals surface area (Å²) in [5.41, 5.74) is 1.78. The van der Waals surface area contributed by atoms with E-state index >= 15 is 0 Å². The van der Waals surface area contributed by atoms with E-state index < -0.39 is 0 Å². The Morgan fingerprint density at radius 1 is 1.22 bits per heavy atom. The first-order chi connectivity index (χ1) is 11.1. The van der Waals surface area contributed by atoms with Gasteiger partial charge < -0.3 is 10.6 Å². The lowest BCUT2D eigenvalue weighted by Gasteiger charge is -2.10. The summed E-state index contributed by atoms with van der Waals surface area (Å²) < 4.78 is 0. The maximum absolute atomic E-state index is 12.3. The fourth-order valence-electron chi connectivity index (χ4n) is 1.83. The number of hydrogen-bond acceptors (Lipinski definition) is 3. The number of carbonyl (C=O) groups is 2. The van der Waals surface area contributed by atoms with Crippen molar-refractivity contribution >= 4 is 29.2 Å². The Morgan fingerprint density at radius 2 is 1.96 bits per heavy atom. The Bertz CT molecular complexity index is 716. The van der Waals surface area contributed by atoms with Crippen molar-refractivity contribution < 1.29 is 9.59 Å². The summed E-state index contributed by atoms with van der Waals surface area (Å²) in [5, 5.41) is 7.27. The molecule has 118 valence electrons.